The van der Waals surface area contributed by atoms with E-state index in [9.17, 15) is 8.42 Å². The van der Waals surface area contributed by atoms with Crippen molar-refractivity contribution in [2.45, 2.75) is 29.4 Å². The van der Waals surface area contributed by atoms with Gasteiger partial charge in [0.25, 0.3) is 0 Å². The van der Waals surface area contributed by atoms with E-state index in [2.05, 4.69) is 10.3 Å². The van der Waals surface area contributed by atoms with Gasteiger partial charge in [0, 0.05) is 0 Å². The van der Waals surface area contributed by atoms with Crippen molar-refractivity contribution in [3.8, 4) is 0 Å². The van der Waals surface area contributed by atoms with Crippen LogP contribution < -0.4 is 0 Å². The van der Waals surface area contributed by atoms with Crippen molar-refractivity contribution in [1.29, 1.82) is 0 Å². The second-order valence-electron chi connectivity index (χ2n) is 4.27. The zero-order valence-electron chi connectivity index (χ0n) is 10.1. The van der Waals surface area contributed by atoms with Gasteiger partial charge in [-0.25, -0.2) is 8.42 Å². The van der Waals surface area contributed by atoms with Crippen molar-refractivity contribution in [2.24, 2.45) is 10.3 Å². The van der Waals surface area contributed by atoms with Gasteiger partial charge < -0.3 is 10.4 Å². The van der Waals surface area contributed by atoms with E-state index in [0.717, 1.165) is 0 Å². The van der Waals surface area contributed by atoms with Crippen LogP contribution in [0.25, 0.3) is 0 Å². The van der Waals surface area contributed by atoms with Crippen LogP contribution in [0.1, 0.15) is 19.3 Å². The van der Waals surface area contributed by atoms with Crippen LogP contribution in [0.2, 0.25) is 0 Å². The molecule has 0 heterocycles. The highest BCUT2D eigenvalue weighted by Crippen LogP contribution is 2.26. The van der Waals surface area contributed by atoms with Gasteiger partial charge in [-0.2, -0.15) is 0 Å². The topological polar surface area (TPSA) is 99.3 Å². The summed E-state index contributed by atoms with van der Waals surface area (Å²) in [6.07, 6.45) is 1.31. The maximum absolute atomic E-state index is 12.5. The average Bonchev–Trinajstić information content (AvgIpc) is 2.47. The number of nitrogens with zero attached hydrogens (tertiary/aromatic N) is 2. The van der Waals surface area contributed by atoms with E-state index < -0.39 is 15.1 Å². The maximum atomic E-state index is 12.5. The van der Waals surface area contributed by atoms with Crippen molar-refractivity contribution in [1.82, 2.24) is 0 Å². The first-order valence-electron chi connectivity index (χ1n) is 5.83. The Balaban J connectivity index is 2.46. The fourth-order valence-corrected chi connectivity index (χ4v) is 4.02. The van der Waals surface area contributed by atoms with Crippen molar-refractivity contribution >= 4 is 21.3 Å². The molecule has 2 rings (SSSR count). The lowest BCUT2D eigenvalue weighted by atomic mass is 9.96. The second-order valence-corrected chi connectivity index (χ2v) is 6.40. The smallest absolute Gasteiger partial charge is 0.187 e. The van der Waals surface area contributed by atoms with Gasteiger partial charge in [-0.15, -0.1) is 0 Å². The molecule has 1 aromatic rings. The summed E-state index contributed by atoms with van der Waals surface area (Å²) in [6, 6.07) is 7.98. The van der Waals surface area contributed by atoms with E-state index in [0.29, 0.717) is 19.3 Å². The normalized spacial score (nSPS) is 24.7. The zero-order chi connectivity index (χ0) is 13.9. The van der Waals surface area contributed by atoms with Crippen LogP contribution in [0.5, 0.6) is 0 Å². The van der Waals surface area contributed by atoms with E-state index in [1.807, 2.05) is 0 Å². The molecule has 1 unspecified atom stereocenters. The predicted octanol–water partition coefficient (Wildman–Crippen LogP) is 1.67. The highest BCUT2D eigenvalue weighted by molar-refractivity contribution is 7.93. The molecule has 1 saturated carbocycles. The number of hydrogen-bond donors (Lipinski definition) is 2. The second kappa shape index (κ2) is 5.40. The first kappa shape index (κ1) is 13.5. The third-order valence-electron chi connectivity index (χ3n) is 3.16. The Morgan fingerprint density at radius 3 is 2.37 bits per heavy atom. The number of oxime groups is 2. The highest BCUT2D eigenvalue weighted by Gasteiger charge is 2.37. The van der Waals surface area contributed by atoms with Crippen LogP contribution in [0, 0.1) is 0 Å². The SMILES string of the molecule is O=S(=O)(c1ccccc1)C1CCCC(=NO)C1=NO. The van der Waals surface area contributed by atoms with Crippen molar-refractivity contribution in [2.75, 3.05) is 0 Å². The van der Waals surface area contributed by atoms with Crippen molar-refractivity contribution < 1.29 is 18.8 Å². The molecule has 0 aliphatic heterocycles. The molecular weight excluding hydrogens is 268 g/mol. The summed E-state index contributed by atoms with van der Waals surface area (Å²) in [5, 5.41) is 22.9. The van der Waals surface area contributed by atoms with Crippen molar-refractivity contribution in [3.05, 3.63) is 30.3 Å². The first-order valence-corrected chi connectivity index (χ1v) is 7.38. The Labute approximate surface area is 111 Å². The summed E-state index contributed by atoms with van der Waals surface area (Å²) in [5.41, 5.74) is 0.0517. The van der Waals surface area contributed by atoms with E-state index in [1.165, 1.54) is 12.1 Å². The molecule has 1 atom stereocenters. The van der Waals surface area contributed by atoms with Crippen LogP contribution in [-0.4, -0.2) is 35.5 Å². The monoisotopic (exact) mass is 282 g/mol. The lowest BCUT2D eigenvalue weighted by Gasteiger charge is -2.23. The molecule has 2 N–H and O–H groups in total. The van der Waals surface area contributed by atoms with E-state index in [1.54, 1.807) is 18.2 Å². The molecule has 0 saturated heterocycles. The molecule has 6 nitrogen and oxygen atoms in total. The molecule has 102 valence electrons. The predicted molar refractivity (Wildman–Crippen MR) is 69.7 cm³/mol. The van der Waals surface area contributed by atoms with Gasteiger partial charge in [0.05, 0.1) is 4.90 Å². The van der Waals surface area contributed by atoms with Gasteiger partial charge in [0.15, 0.2) is 9.84 Å². The van der Waals surface area contributed by atoms with Gasteiger partial charge in [-0.05, 0) is 31.4 Å². The van der Waals surface area contributed by atoms with E-state index in [-0.39, 0.29) is 16.3 Å². The Hall–Kier alpha value is -1.89. The fourth-order valence-electron chi connectivity index (χ4n) is 2.21. The zero-order valence-corrected chi connectivity index (χ0v) is 10.9. The minimum absolute atomic E-state index is 0.0717. The molecule has 1 fully saturated rings. The quantitative estimate of drug-likeness (QED) is 0.636. The Morgan fingerprint density at radius 2 is 1.79 bits per heavy atom. The molecule has 0 aromatic heterocycles. The largest absolute Gasteiger partial charge is 0.411 e. The molecule has 0 spiro atoms. The molecule has 1 aromatic carbocycles. The summed E-state index contributed by atoms with van der Waals surface area (Å²) in [7, 11) is -3.65. The molecule has 0 amide bonds. The van der Waals surface area contributed by atoms with Gasteiger partial charge in [0.1, 0.15) is 16.7 Å². The van der Waals surface area contributed by atoms with Gasteiger partial charge in [0.2, 0.25) is 0 Å². The lowest BCUT2D eigenvalue weighted by molar-refractivity contribution is 0.310. The van der Waals surface area contributed by atoms with Crippen LogP contribution in [0.3, 0.4) is 0 Å². The Kier molecular flexibility index (Phi) is 3.84. The first-order chi connectivity index (χ1) is 9.11. The fraction of sp³-hybridized carbons (Fsp3) is 0.333. The highest BCUT2D eigenvalue weighted by atomic mass is 32.2. The molecule has 0 radical (unpaired) electrons. The summed E-state index contributed by atoms with van der Waals surface area (Å²) in [5.74, 6) is 0. The minimum Gasteiger partial charge on any atom is -0.411 e. The number of hydrogen-bond acceptors (Lipinski definition) is 6. The van der Waals surface area contributed by atoms with Gasteiger partial charge >= 0.3 is 0 Å². The molecule has 7 heteroatoms. The maximum Gasteiger partial charge on any atom is 0.187 e. The molecular formula is C12H14N2O4S. The Morgan fingerprint density at radius 1 is 1.11 bits per heavy atom. The van der Waals surface area contributed by atoms with Crippen LogP contribution >= 0.6 is 0 Å². The summed E-state index contributed by atoms with van der Waals surface area (Å²) in [6.45, 7) is 0. The minimum atomic E-state index is -3.65. The molecule has 19 heavy (non-hydrogen) atoms. The number of benzene rings is 1. The standard InChI is InChI=1S/C12H14N2O4S/c15-13-10-7-4-8-11(12(10)14-16)19(17,18)9-5-2-1-3-6-9/h1-3,5-6,11,15-16H,4,7-8H2. The molecule has 0 bridgehead atoms. The Bertz CT molecular complexity index is 608. The third-order valence-corrected chi connectivity index (χ3v) is 5.29. The lowest BCUT2D eigenvalue weighted by Crippen LogP contribution is -2.39. The third kappa shape index (κ3) is 2.46. The summed E-state index contributed by atoms with van der Waals surface area (Å²) < 4.78 is 25.0. The number of rotatable bonds is 2. The number of sulfone groups is 1. The van der Waals surface area contributed by atoms with Crippen molar-refractivity contribution in [3.63, 3.8) is 0 Å². The van der Waals surface area contributed by atoms with Crippen LogP contribution in [0.4, 0.5) is 0 Å². The van der Waals surface area contributed by atoms with Crippen LogP contribution in [0.15, 0.2) is 45.5 Å². The van der Waals surface area contributed by atoms with E-state index in [4.69, 9.17) is 10.4 Å². The van der Waals surface area contributed by atoms with Crippen LogP contribution in [-0.2, 0) is 9.84 Å². The van der Waals surface area contributed by atoms with Gasteiger partial charge in [-0.3, -0.25) is 0 Å². The van der Waals surface area contributed by atoms with Gasteiger partial charge in [-0.1, -0.05) is 28.5 Å². The average molecular weight is 282 g/mol. The molecule has 1 aliphatic rings. The summed E-state index contributed by atoms with van der Waals surface area (Å²) in [4.78, 5) is 0.167. The van der Waals surface area contributed by atoms with E-state index >= 15 is 0 Å². The summed E-state index contributed by atoms with van der Waals surface area (Å²) >= 11 is 0. The molecule has 1 aliphatic carbocycles.